The summed E-state index contributed by atoms with van der Waals surface area (Å²) in [4.78, 5) is 32.9. The van der Waals surface area contributed by atoms with Crippen LogP contribution in [-0.2, 0) is 16.1 Å². The average Bonchev–Trinajstić information content (AvgIpc) is 3.34. The number of fused-ring (bicyclic) bond motifs is 1. The second-order valence-electron chi connectivity index (χ2n) is 9.94. The number of aromatic nitrogens is 1. The van der Waals surface area contributed by atoms with E-state index in [1.165, 1.54) is 11.3 Å². The molecule has 4 aromatic rings. The van der Waals surface area contributed by atoms with Crippen molar-refractivity contribution in [3.8, 4) is 17.6 Å². The molecule has 1 aliphatic heterocycles. The Morgan fingerprint density at radius 3 is 2.59 bits per heavy atom. The number of hydrogen-bond donors (Lipinski definition) is 0. The highest BCUT2D eigenvalue weighted by Crippen LogP contribution is 2.37. The lowest BCUT2D eigenvalue weighted by atomic mass is 9.93. The summed E-state index contributed by atoms with van der Waals surface area (Å²) in [5.41, 5.74) is 3.31. The van der Waals surface area contributed by atoms with Crippen molar-refractivity contribution in [1.82, 2.24) is 4.57 Å². The molecular formula is C34H30ClN3O5S. The third-order valence-electron chi connectivity index (χ3n) is 7.06. The maximum absolute atomic E-state index is 14.2. The Morgan fingerprint density at radius 1 is 1.11 bits per heavy atom. The number of carbonyl (C=O) groups excluding carboxylic acids is 1. The number of nitriles is 1. The number of esters is 1. The molecule has 5 rings (SSSR count). The predicted molar refractivity (Wildman–Crippen MR) is 170 cm³/mol. The van der Waals surface area contributed by atoms with E-state index in [1.807, 2.05) is 37.3 Å². The van der Waals surface area contributed by atoms with Gasteiger partial charge in [-0.15, -0.1) is 0 Å². The number of allylic oxidation sites excluding steroid dienone is 1. The summed E-state index contributed by atoms with van der Waals surface area (Å²) in [5.74, 6) is 0.558. The molecule has 2 heterocycles. The van der Waals surface area contributed by atoms with Crippen LogP contribution in [0.15, 0.2) is 87.8 Å². The van der Waals surface area contributed by atoms with Crippen LogP contribution in [0, 0.1) is 11.3 Å². The number of thiazole rings is 1. The average molecular weight is 628 g/mol. The Hall–Kier alpha value is -4.65. The van der Waals surface area contributed by atoms with Crippen LogP contribution >= 0.6 is 22.9 Å². The van der Waals surface area contributed by atoms with Gasteiger partial charge in [0.15, 0.2) is 4.80 Å². The second kappa shape index (κ2) is 13.8. The van der Waals surface area contributed by atoms with E-state index in [-0.39, 0.29) is 18.8 Å². The van der Waals surface area contributed by atoms with E-state index in [4.69, 9.17) is 36.1 Å². The molecule has 3 aromatic carbocycles. The maximum atomic E-state index is 14.2. The Morgan fingerprint density at radius 2 is 1.89 bits per heavy atom. The van der Waals surface area contributed by atoms with Crippen LogP contribution in [0.1, 0.15) is 55.0 Å². The normalized spacial score (nSPS) is 14.4. The topological polar surface area (TPSA) is 103 Å². The largest absolute Gasteiger partial charge is 0.496 e. The van der Waals surface area contributed by atoms with E-state index in [2.05, 4.69) is 6.07 Å². The third kappa shape index (κ3) is 6.32. The van der Waals surface area contributed by atoms with Gasteiger partial charge >= 0.3 is 5.97 Å². The van der Waals surface area contributed by atoms with E-state index < -0.39 is 12.0 Å². The SMILES string of the molecule is CCCC1=C(C(=O)OCC)[C@H](c2ccccc2OC)n2c(s/c(=C/c3cc(Cl)ccc3OCc3ccc(C#N)cc3)c2=O)=N1. The molecule has 0 N–H and O–H groups in total. The minimum Gasteiger partial charge on any atom is -0.496 e. The van der Waals surface area contributed by atoms with Crippen LogP contribution in [0.5, 0.6) is 11.5 Å². The molecule has 0 saturated carbocycles. The van der Waals surface area contributed by atoms with Crippen LogP contribution < -0.4 is 24.4 Å². The molecule has 0 unspecified atom stereocenters. The highest BCUT2D eigenvalue weighted by Gasteiger charge is 2.35. The van der Waals surface area contributed by atoms with Crippen molar-refractivity contribution in [1.29, 1.82) is 5.26 Å². The standard InChI is InChI=1S/C34H30ClN3O5S/c1-4-8-26-30(33(40)42-5-2)31(25-9-6-7-10-28(25)41-3)38-32(39)29(44-34(38)37-26)18-23-17-24(35)15-16-27(23)43-20-22-13-11-21(19-36)12-14-22/h6-7,9-18,31H,4-5,8,20H2,1-3H3/b29-18+/t31-/m0/s1. The smallest absolute Gasteiger partial charge is 0.338 e. The number of para-hydroxylation sites is 1. The van der Waals surface area contributed by atoms with E-state index in [0.717, 1.165) is 12.0 Å². The van der Waals surface area contributed by atoms with Gasteiger partial charge in [0, 0.05) is 16.1 Å². The van der Waals surface area contributed by atoms with Gasteiger partial charge in [0.25, 0.3) is 5.56 Å². The van der Waals surface area contributed by atoms with Crippen molar-refractivity contribution < 1.29 is 19.0 Å². The Kier molecular flexibility index (Phi) is 9.63. The molecule has 10 heteroatoms. The number of hydrogen-bond acceptors (Lipinski definition) is 8. The lowest BCUT2D eigenvalue weighted by molar-refractivity contribution is -0.139. The second-order valence-corrected chi connectivity index (χ2v) is 11.4. The molecule has 0 amide bonds. The summed E-state index contributed by atoms with van der Waals surface area (Å²) in [6, 6.07) is 21.0. The number of ether oxygens (including phenoxy) is 3. The Balaban J connectivity index is 1.65. The molecule has 44 heavy (non-hydrogen) atoms. The summed E-state index contributed by atoms with van der Waals surface area (Å²) in [6.07, 6.45) is 3.01. The van der Waals surface area contributed by atoms with E-state index in [9.17, 15) is 9.59 Å². The summed E-state index contributed by atoms with van der Waals surface area (Å²) in [6.45, 7) is 4.20. The van der Waals surface area contributed by atoms with Gasteiger partial charge in [-0.05, 0) is 61.4 Å². The minimum atomic E-state index is -0.795. The number of nitrogens with zero attached hydrogens (tertiary/aromatic N) is 3. The van der Waals surface area contributed by atoms with Gasteiger partial charge in [-0.3, -0.25) is 9.36 Å². The fraction of sp³-hybridized carbons (Fsp3) is 0.235. The minimum absolute atomic E-state index is 0.185. The van der Waals surface area contributed by atoms with Crippen molar-refractivity contribution in [3.63, 3.8) is 0 Å². The summed E-state index contributed by atoms with van der Waals surface area (Å²) in [5, 5.41) is 9.56. The maximum Gasteiger partial charge on any atom is 0.338 e. The van der Waals surface area contributed by atoms with Crippen LogP contribution in [0.2, 0.25) is 5.02 Å². The molecule has 0 saturated heterocycles. The lowest BCUT2D eigenvalue weighted by Crippen LogP contribution is -2.40. The molecule has 1 aliphatic rings. The zero-order valence-corrected chi connectivity index (χ0v) is 26.1. The molecule has 0 bridgehead atoms. The zero-order chi connectivity index (χ0) is 31.2. The lowest BCUT2D eigenvalue weighted by Gasteiger charge is -2.26. The highest BCUT2D eigenvalue weighted by molar-refractivity contribution is 7.07. The molecule has 0 fully saturated rings. The quantitative estimate of drug-likeness (QED) is 0.209. The summed E-state index contributed by atoms with van der Waals surface area (Å²) < 4.78 is 19.2. The molecule has 8 nitrogen and oxygen atoms in total. The highest BCUT2D eigenvalue weighted by atomic mass is 35.5. The first kappa shape index (κ1) is 30.8. The number of methoxy groups -OCH3 is 1. The van der Waals surface area contributed by atoms with Gasteiger partial charge in [0.1, 0.15) is 24.1 Å². The van der Waals surface area contributed by atoms with Crippen molar-refractivity contribution >= 4 is 35.0 Å². The first-order valence-electron chi connectivity index (χ1n) is 14.1. The van der Waals surface area contributed by atoms with Crippen molar-refractivity contribution in [3.05, 3.63) is 125 Å². The van der Waals surface area contributed by atoms with Crippen LogP contribution in [0.4, 0.5) is 0 Å². The van der Waals surface area contributed by atoms with Crippen LogP contribution in [-0.4, -0.2) is 24.3 Å². The molecule has 1 aromatic heterocycles. The monoisotopic (exact) mass is 627 g/mol. The Bertz CT molecular complexity index is 1950. The van der Waals surface area contributed by atoms with Gasteiger partial charge in [0.2, 0.25) is 0 Å². The molecule has 1 atom stereocenters. The molecule has 0 aliphatic carbocycles. The molecule has 0 radical (unpaired) electrons. The fourth-order valence-electron chi connectivity index (χ4n) is 5.05. The van der Waals surface area contributed by atoms with Crippen molar-refractivity contribution in [2.24, 2.45) is 4.99 Å². The van der Waals surface area contributed by atoms with Gasteiger partial charge < -0.3 is 14.2 Å². The molecule has 224 valence electrons. The molecule has 0 spiro atoms. The Labute approximate surface area is 263 Å². The van der Waals surface area contributed by atoms with Crippen LogP contribution in [0.25, 0.3) is 6.08 Å². The van der Waals surface area contributed by atoms with Gasteiger partial charge in [-0.2, -0.15) is 5.26 Å². The number of benzene rings is 3. The first-order chi connectivity index (χ1) is 21.4. The third-order valence-corrected chi connectivity index (χ3v) is 8.28. The number of carbonyl (C=O) groups is 1. The predicted octanol–water partition coefficient (Wildman–Crippen LogP) is 5.69. The van der Waals surface area contributed by atoms with Crippen molar-refractivity contribution in [2.45, 2.75) is 39.3 Å². The van der Waals surface area contributed by atoms with E-state index in [0.29, 0.717) is 60.2 Å². The number of halogens is 1. The van der Waals surface area contributed by atoms with Gasteiger partial charge in [-0.1, -0.05) is 66.6 Å². The summed E-state index contributed by atoms with van der Waals surface area (Å²) >= 11 is 7.60. The first-order valence-corrected chi connectivity index (χ1v) is 15.3. The van der Waals surface area contributed by atoms with Gasteiger partial charge in [-0.25, -0.2) is 9.79 Å². The van der Waals surface area contributed by atoms with Gasteiger partial charge in [0.05, 0.1) is 41.2 Å². The molecular weight excluding hydrogens is 598 g/mol. The zero-order valence-electron chi connectivity index (χ0n) is 24.5. The van der Waals surface area contributed by atoms with E-state index >= 15 is 0 Å². The van der Waals surface area contributed by atoms with Crippen molar-refractivity contribution in [2.75, 3.05) is 13.7 Å². The number of rotatable bonds is 10. The van der Waals surface area contributed by atoms with Crippen LogP contribution in [0.3, 0.4) is 0 Å². The summed E-state index contributed by atoms with van der Waals surface area (Å²) in [7, 11) is 1.56. The fourth-order valence-corrected chi connectivity index (χ4v) is 6.24. The van der Waals surface area contributed by atoms with E-state index in [1.54, 1.807) is 61.1 Å².